The summed E-state index contributed by atoms with van der Waals surface area (Å²) >= 11 is 0. The van der Waals surface area contributed by atoms with Crippen LogP contribution < -0.4 is 4.72 Å². The summed E-state index contributed by atoms with van der Waals surface area (Å²) in [5, 5.41) is 8.94. The Morgan fingerprint density at radius 2 is 1.86 bits per heavy atom. The Morgan fingerprint density at radius 3 is 2.55 bits per heavy atom. The third-order valence-corrected chi connectivity index (χ3v) is 4.49. The van der Waals surface area contributed by atoms with Crippen molar-refractivity contribution < 1.29 is 18.3 Å². The number of aromatic carboxylic acids is 1. The fraction of sp³-hybridized carbons (Fsp3) is 0.188. The van der Waals surface area contributed by atoms with Gasteiger partial charge in [0.25, 0.3) is 10.0 Å². The number of anilines is 1. The van der Waals surface area contributed by atoms with Crippen LogP contribution in [-0.4, -0.2) is 19.5 Å². The lowest BCUT2D eigenvalue weighted by Gasteiger charge is -2.10. The molecule has 0 aliphatic heterocycles. The van der Waals surface area contributed by atoms with E-state index in [1.165, 1.54) is 30.3 Å². The zero-order chi connectivity index (χ0) is 16.2. The molecule has 0 heterocycles. The van der Waals surface area contributed by atoms with E-state index in [4.69, 9.17) is 5.11 Å². The van der Waals surface area contributed by atoms with Gasteiger partial charge >= 0.3 is 5.97 Å². The zero-order valence-corrected chi connectivity index (χ0v) is 12.9. The Kier molecular flexibility index (Phi) is 4.82. The van der Waals surface area contributed by atoms with Crippen LogP contribution >= 0.6 is 0 Å². The number of nitrogens with one attached hydrogen (secondary N) is 1. The van der Waals surface area contributed by atoms with Crippen LogP contribution in [0.25, 0.3) is 0 Å². The molecule has 6 heteroatoms. The Balaban J connectivity index is 2.29. The van der Waals surface area contributed by atoms with Crippen LogP contribution in [-0.2, 0) is 16.4 Å². The van der Waals surface area contributed by atoms with Crippen molar-refractivity contribution >= 4 is 21.7 Å². The highest BCUT2D eigenvalue weighted by atomic mass is 32.2. The monoisotopic (exact) mass is 319 g/mol. The molecule has 0 saturated heterocycles. The van der Waals surface area contributed by atoms with Gasteiger partial charge in [-0.3, -0.25) is 4.72 Å². The van der Waals surface area contributed by atoms with Gasteiger partial charge in [0, 0.05) is 5.69 Å². The van der Waals surface area contributed by atoms with Crippen molar-refractivity contribution in [3.8, 4) is 0 Å². The first-order valence-corrected chi connectivity index (χ1v) is 8.36. The molecular formula is C16H17NO4S. The van der Waals surface area contributed by atoms with E-state index in [1.807, 2.05) is 13.0 Å². The fourth-order valence-corrected chi connectivity index (χ4v) is 3.21. The van der Waals surface area contributed by atoms with Gasteiger partial charge in [-0.25, -0.2) is 13.2 Å². The largest absolute Gasteiger partial charge is 0.478 e. The van der Waals surface area contributed by atoms with E-state index >= 15 is 0 Å². The highest BCUT2D eigenvalue weighted by Crippen LogP contribution is 2.18. The molecule has 0 aromatic heterocycles. The summed E-state index contributed by atoms with van der Waals surface area (Å²) in [7, 11) is -3.74. The van der Waals surface area contributed by atoms with Gasteiger partial charge in [-0.15, -0.1) is 0 Å². The van der Waals surface area contributed by atoms with Crippen molar-refractivity contribution in [1.29, 1.82) is 0 Å². The van der Waals surface area contributed by atoms with E-state index < -0.39 is 16.0 Å². The number of rotatable bonds is 6. The maximum absolute atomic E-state index is 12.4. The van der Waals surface area contributed by atoms with Crippen LogP contribution in [0.5, 0.6) is 0 Å². The Morgan fingerprint density at radius 1 is 1.14 bits per heavy atom. The van der Waals surface area contributed by atoms with Crippen molar-refractivity contribution in [2.75, 3.05) is 4.72 Å². The number of sulfonamides is 1. The summed E-state index contributed by atoms with van der Waals surface area (Å²) in [6.45, 7) is 2.02. The van der Waals surface area contributed by atoms with Crippen LogP contribution in [0.2, 0.25) is 0 Å². The maximum Gasteiger partial charge on any atom is 0.335 e. The Labute approximate surface area is 129 Å². The average molecular weight is 319 g/mol. The Hall–Kier alpha value is -2.34. The lowest BCUT2D eigenvalue weighted by atomic mass is 10.1. The molecule has 116 valence electrons. The second-order valence-electron chi connectivity index (χ2n) is 4.89. The molecule has 2 aromatic rings. The summed E-state index contributed by atoms with van der Waals surface area (Å²) in [5.74, 6) is -1.11. The topological polar surface area (TPSA) is 83.5 Å². The summed E-state index contributed by atoms with van der Waals surface area (Å²) in [5.41, 5.74) is 1.20. The van der Waals surface area contributed by atoms with E-state index in [2.05, 4.69) is 4.72 Å². The first-order valence-electron chi connectivity index (χ1n) is 6.87. The second kappa shape index (κ2) is 6.62. The summed E-state index contributed by atoms with van der Waals surface area (Å²) in [4.78, 5) is 11.1. The van der Waals surface area contributed by atoms with Crippen molar-refractivity contribution in [3.05, 3.63) is 59.7 Å². The zero-order valence-electron chi connectivity index (χ0n) is 12.1. The molecule has 0 radical (unpaired) electrons. The molecule has 0 bridgehead atoms. The summed E-state index contributed by atoms with van der Waals surface area (Å²) in [6, 6.07) is 12.4. The van der Waals surface area contributed by atoms with Gasteiger partial charge in [-0.2, -0.15) is 0 Å². The predicted molar refractivity (Wildman–Crippen MR) is 84.6 cm³/mol. The van der Waals surface area contributed by atoms with Crippen LogP contribution in [0.3, 0.4) is 0 Å². The second-order valence-corrected chi connectivity index (χ2v) is 6.57. The van der Waals surface area contributed by atoms with Crippen LogP contribution in [0, 0.1) is 0 Å². The molecule has 0 amide bonds. The number of aryl methyl sites for hydroxylation is 1. The minimum absolute atomic E-state index is 0.0277. The van der Waals surface area contributed by atoms with Crippen molar-refractivity contribution in [1.82, 2.24) is 0 Å². The van der Waals surface area contributed by atoms with Crippen LogP contribution in [0.15, 0.2) is 53.4 Å². The van der Waals surface area contributed by atoms with Crippen LogP contribution in [0.1, 0.15) is 29.3 Å². The molecule has 2 aromatic carbocycles. The van der Waals surface area contributed by atoms with Crippen molar-refractivity contribution in [3.63, 3.8) is 0 Å². The highest BCUT2D eigenvalue weighted by Gasteiger charge is 2.15. The van der Waals surface area contributed by atoms with Crippen molar-refractivity contribution in [2.24, 2.45) is 0 Å². The van der Waals surface area contributed by atoms with Gasteiger partial charge in [0.1, 0.15) is 0 Å². The molecular weight excluding hydrogens is 302 g/mol. The third-order valence-electron chi connectivity index (χ3n) is 3.11. The molecule has 2 N–H and O–H groups in total. The van der Waals surface area contributed by atoms with Gasteiger partial charge in [0.2, 0.25) is 0 Å². The molecule has 0 saturated carbocycles. The van der Waals surface area contributed by atoms with E-state index in [9.17, 15) is 13.2 Å². The van der Waals surface area contributed by atoms with Gasteiger partial charge in [0.15, 0.2) is 0 Å². The minimum Gasteiger partial charge on any atom is -0.478 e. The molecule has 0 atom stereocenters. The van der Waals surface area contributed by atoms with E-state index in [0.29, 0.717) is 0 Å². The van der Waals surface area contributed by atoms with E-state index in [-0.39, 0.29) is 16.1 Å². The Bertz CT molecular complexity index is 784. The first-order chi connectivity index (χ1) is 10.4. The molecule has 2 rings (SSSR count). The number of hydrogen-bond donors (Lipinski definition) is 2. The van der Waals surface area contributed by atoms with Crippen LogP contribution in [0.4, 0.5) is 5.69 Å². The molecule has 0 fully saturated rings. The number of carboxylic acids is 1. The minimum atomic E-state index is -3.74. The lowest BCUT2D eigenvalue weighted by molar-refractivity contribution is 0.0697. The van der Waals surface area contributed by atoms with Gasteiger partial charge < -0.3 is 5.11 Å². The molecule has 0 spiro atoms. The highest BCUT2D eigenvalue weighted by molar-refractivity contribution is 7.92. The quantitative estimate of drug-likeness (QED) is 0.857. The third kappa shape index (κ3) is 3.85. The van der Waals surface area contributed by atoms with Gasteiger partial charge in [-0.05, 0) is 42.3 Å². The van der Waals surface area contributed by atoms with E-state index in [1.54, 1.807) is 12.1 Å². The van der Waals surface area contributed by atoms with Crippen molar-refractivity contribution in [2.45, 2.75) is 24.7 Å². The smallest absolute Gasteiger partial charge is 0.335 e. The predicted octanol–water partition coefficient (Wildman–Crippen LogP) is 3.14. The molecule has 5 nitrogen and oxygen atoms in total. The fourth-order valence-electron chi connectivity index (χ4n) is 2.09. The first kappa shape index (κ1) is 16.0. The molecule has 0 aliphatic rings. The normalized spacial score (nSPS) is 11.1. The molecule has 0 unspecified atom stereocenters. The molecule has 22 heavy (non-hydrogen) atoms. The number of benzene rings is 2. The standard InChI is InChI=1S/C16H17NO4S/c1-2-5-12-6-3-9-15(10-12)22(20,21)17-14-8-4-7-13(11-14)16(18)19/h3-4,6-11,17H,2,5H2,1H3,(H,18,19). The summed E-state index contributed by atoms with van der Waals surface area (Å²) < 4.78 is 27.2. The van der Waals surface area contributed by atoms with Gasteiger partial charge in [-0.1, -0.05) is 31.5 Å². The SMILES string of the molecule is CCCc1cccc(S(=O)(=O)Nc2cccc(C(=O)O)c2)c1. The van der Waals surface area contributed by atoms with Gasteiger partial charge in [0.05, 0.1) is 10.5 Å². The average Bonchev–Trinajstić information content (AvgIpc) is 2.48. The molecule has 0 aliphatic carbocycles. The summed E-state index contributed by atoms with van der Waals surface area (Å²) in [6.07, 6.45) is 1.73. The van der Waals surface area contributed by atoms with E-state index in [0.717, 1.165) is 18.4 Å². The lowest BCUT2D eigenvalue weighted by Crippen LogP contribution is -2.13. The number of carboxylic acid groups (broad SMARTS) is 1. The number of carbonyl (C=O) groups is 1. The maximum atomic E-state index is 12.4. The number of hydrogen-bond acceptors (Lipinski definition) is 3.